The number of nitrogens with one attached hydrogen (secondary N) is 2. The van der Waals surface area contributed by atoms with Crippen molar-refractivity contribution < 1.29 is 14.0 Å². The van der Waals surface area contributed by atoms with Gasteiger partial charge in [0.2, 0.25) is 5.91 Å². The lowest BCUT2D eigenvalue weighted by atomic mass is 10.1. The summed E-state index contributed by atoms with van der Waals surface area (Å²) in [6.45, 7) is 5.80. The summed E-state index contributed by atoms with van der Waals surface area (Å²) in [7, 11) is 0. The minimum atomic E-state index is -0.564. The van der Waals surface area contributed by atoms with Gasteiger partial charge >= 0.3 is 0 Å². The fourth-order valence-corrected chi connectivity index (χ4v) is 4.38. The Kier molecular flexibility index (Phi) is 6.00. The standard InChI is InChI=1S/C20H20FN3O2S2/c1-20(2,3)24-17(25)11-27-19-23-15-9-8-12(10-16(15)28-19)22-18(26)13-6-4-5-7-14(13)21/h4-10H,11H2,1-3H3,(H,22,26)(H,24,25). The van der Waals surface area contributed by atoms with Gasteiger partial charge in [0.25, 0.3) is 5.91 Å². The van der Waals surface area contributed by atoms with E-state index in [1.807, 2.05) is 20.8 Å². The molecular weight excluding hydrogens is 397 g/mol. The molecule has 0 aliphatic heterocycles. The van der Waals surface area contributed by atoms with Gasteiger partial charge in [-0.25, -0.2) is 9.37 Å². The Bertz CT molecular complexity index is 1030. The molecule has 0 fully saturated rings. The Labute approximate surface area is 170 Å². The fourth-order valence-electron chi connectivity index (χ4n) is 2.47. The van der Waals surface area contributed by atoms with Gasteiger partial charge < -0.3 is 10.6 Å². The molecule has 1 heterocycles. The molecule has 0 unspecified atom stereocenters. The van der Waals surface area contributed by atoms with E-state index in [1.165, 1.54) is 41.3 Å². The topological polar surface area (TPSA) is 71.1 Å². The van der Waals surface area contributed by atoms with E-state index in [0.29, 0.717) is 5.69 Å². The molecule has 5 nitrogen and oxygen atoms in total. The number of hydrogen-bond donors (Lipinski definition) is 2. The number of carbonyl (C=O) groups is 2. The fraction of sp³-hybridized carbons (Fsp3) is 0.250. The number of rotatable bonds is 5. The maximum Gasteiger partial charge on any atom is 0.258 e. The number of amides is 2. The van der Waals surface area contributed by atoms with Crippen LogP contribution < -0.4 is 10.6 Å². The van der Waals surface area contributed by atoms with Gasteiger partial charge in [-0.1, -0.05) is 23.9 Å². The zero-order valence-electron chi connectivity index (χ0n) is 15.7. The van der Waals surface area contributed by atoms with Gasteiger partial charge in [0.15, 0.2) is 4.34 Å². The predicted octanol–water partition coefficient (Wildman–Crippen LogP) is 4.69. The van der Waals surface area contributed by atoms with E-state index in [4.69, 9.17) is 0 Å². The summed E-state index contributed by atoms with van der Waals surface area (Å²) in [5.74, 6) is -0.829. The van der Waals surface area contributed by atoms with Crippen LogP contribution in [-0.4, -0.2) is 28.1 Å². The van der Waals surface area contributed by atoms with Gasteiger partial charge in [-0.2, -0.15) is 0 Å². The van der Waals surface area contributed by atoms with Crippen molar-refractivity contribution in [1.82, 2.24) is 10.3 Å². The number of benzene rings is 2. The second-order valence-corrected chi connectivity index (χ2v) is 9.44. The van der Waals surface area contributed by atoms with Gasteiger partial charge in [0.1, 0.15) is 5.82 Å². The maximum atomic E-state index is 13.7. The zero-order valence-corrected chi connectivity index (χ0v) is 17.3. The summed E-state index contributed by atoms with van der Waals surface area (Å²) in [5.41, 5.74) is 1.07. The van der Waals surface area contributed by atoms with Crippen LogP contribution in [-0.2, 0) is 4.79 Å². The van der Waals surface area contributed by atoms with E-state index in [9.17, 15) is 14.0 Å². The Morgan fingerprint density at radius 3 is 2.64 bits per heavy atom. The van der Waals surface area contributed by atoms with Crippen LogP contribution in [0, 0.1) is 5.82 Å². The summed E-state index contributed by atoms with van der Waals surface area (Å²) in [6.07, 6.45) is 0. The lowest BCUT2D eigenvalue weighted by molar-refractivity contribution is -0.119. The number of hydrogen-bond acceptors (Lipinski definition) is 5. The van der Waals surface area contributed by atoms with E-state index in [2.05, 4.69) is 15.6 Å². The van der Waals surface area contributed by atoms with Crippen LogP contribution in [0.1, 0.15) is 31.1 Å². The second-order valence-electron chi connectivity index (χ2n) is 7.18. The van der Waals surface area contributed by atoms with Crippen LogP contribution in [0.3, 0.4) is 0 Å². The molecule has 0 atom stereocenters. The number of anilines is 1. The quantitative estimate of drug-likeness (QED) is 0.591. The summed E-state index contributed by atoms with van der Waals surface area (Å²) in [6, 6.07) is 11.2. The number of halogens is 1. The van der Waals surface area contributed by atoms with Crippen molar-refractivity contribution in [2.45, 2.75) is 30.6 Å². The van der Waals surface area contributed by atoms with Crippen molar-refractivity contribution in [1.29, 1.82) is 0 Å². The Hall–Kier alpha value is -2.45. The number of thiazole rings is 1. The molecule has 0 aliphatic carbocycles. The van der Waals surface area contributed by atoms with Crippen LogP contribution in [0.25, 0.3) is 10.2 Å². The molecule has 3 rings (SSSR count). The van der Waals surface area contributed by atoms with Crippen molar-refractivity contribution in [3.8, 4) is 0 Å². The highest BCUT2D eigenvalue weighted by Gasteiger charge is 2.15. The van der Waals surface area contributed by atoms with Crippen molar-refractivity contribution in [2.24, 2.45) is 0 Å². The monoisotopic (exact) mass is 417 g/mol. The van der Waals surface area contributed by atoms with Crippen molar-refractivity contribution in [2.75, 3.05) is 11.1 Å². The lowest BCUT2D eigenvalue weighted by Crippen LogP contribution is -2.41. The van der Waals surface area contributed by atoms with Crippen LogP contribution in [0.15, 0.2) is 46.8 Å². The summed E-state index contributed by atoms with van der Waals surface area (Å²) in [4.78, 5) is 28.7. The molecule has 3 aromatic rings. The van der Waals surface area contributed by atoms with E-state index >= 15 is 0 Å². The number of nitrogens with zero attached hydrogens (tertiary/aromatic N) is 1. The summed E-state index contributed by atoms with van der Waals surface area (Å²) >= 11 is 2.82. The highest BCUT2D eigenvalue weighted by molar-refractivity contribution is 8.01. The molecule has 0 saturated heterocycles. The molecule has 8 heteroatoms. The van der Waals surface area contributed by atoms with Crippen molar-refractivity contribution in [3.63, 3.8) is 0 Å². The van der Waals surface area contributed by atoms with Crippen LogP contribution in [0.5, 0.6) is 0 Å². The van der Waals surface area contributed by atoms with Crippen LogP contribution in [0.4, 0.5) is 10.1 Å². The third-order valence-corrected chi connectivity index (χ3v) is 5.75. The molecule has 28 heavy (non-hydrogen) atoms. The molecule has 2 aromatic carbocycles. The minimum absolute atomic E-state index is 0.00648. The number of aromatic nitrogens is 1. The normalized spacial score (nSPS) is 11.4. The maximum absolute atomic E-state index is 13.7. The first-order valence-corrected chi connectivity index (χ1v) is 10.4. The van der Waals surface area contributed by atoms with Gasteiger partial charge in [-0.05, 0) is 51.1 Å². The Balaban J connectivity index is 1.68. The molecule has 0 spiro atoms. The zero-order chi connectivity index (χ0) is 20.3. The molecule has 0 bridgehead atoms. The van der Waals surface area contributed by atoms with E-state index in [0.717, 1.165) is 14.6 Å². The Morgan fingerprint density at radius 2 is 1.93 bits per heavy atom. The summed E-state index contributed by atoms with van der Waals surface area (Å²) in [5, 5.41) is 5.62. The van der Waals surface area contributed by atoms with E-state index in [1.54, 1.807) is 24.3 Å². The molecule has 146 valence electrons. The van der Waals surface area contributed by atoms with Gasteiger partial charge in [0, 0.05) is 11.2 Å². The first-order valence-electron chi connectivity index (χ1n) is 8.61. The lowest BCUT2D eigenvalue weighted by Gasteiger charge is -2.19. The number of thioether (sulfide) groups is 1. The Morgan fingerprint density at radius 1 is 1.18 bits per heavy atom. The van der Waals surface area contributed by atoms with E-state index < -0.39 is 11.7 Å². The molecule has 2 N–H and O–H groups in total. The average Bonchev–Trinajstić information content (AvgIpc) is 3.01. The minimum Gasteiger partial charge on any atom is -0.351 e. The molecule has 0 radical (unpaired) electrons. The predicted molar refractivity (Wildman–Crippen MR) is 113 cm³/mol. The smallest absolute Gasteiger partial charge is 0.258 e. The van der Waals surface area contributed by atoms with Gasteiger partial charge in [-0.15, -0.1) is 11.3 Å². The second kappa shape index (κ2) is 8.28. The van der Waals surface area contributed by atoms with Crippen LogP contribution >= 0.6 is 23.1 Å². The first-order chi connectivity index (χ1) is 13.2. The number of carbonyl (C=O) groups excluding carboxylic acids is 2. The number of fused-ring (bicyclic) bond motifs is 1. The molecule has 0 saturated carbocycles. The largest absolute Gasteiger partial charge is 0.351 e. The average molecular weight is 418 g/mol. The van der Waals surface area contributed by atoms with Crippen molar-refractivity contribution in [3.05, 3.63) is 53.8 Å². The highest BCUT2D eigenvalue weighted by atomic mass is 32.2. The highest BCUT2D eigenvalue weighted by Crippen LogP contribution is 2.31. The van der Waals surface area contributed by atoms with Gasteiger partial charge in [-0.3, -0.25) is 9.59 Å². The first kappa shape index (κ1) is 20.3. The third-order valence-electron chi connectivity index (χ3n) is 3.59. The van der Waals surface area contributed by atoms with E-state index in [-0.39, 0.29) is 22.8 Å². The van der Waals surface area contributed by atoms with Crippen molar-refractivity contribution >= 4 is 50.8 Å². The SMILES string of the molecule is CC(C)(C)NC(=O)CSc1nc2ccc(NC(=O)c3ccccc3F)cc2s1. The molecule has 0 aliphatic rings. The van der Waals surface area contributed by atoms with Crippen LogP contribution in [0.2, 0.25) is 0 Å². The summed E-state index contributed by atoms with van der Waals surface area (Å²) < 4.78 is 15.4. The molecular formula is C20H20FN3O2S2. The third kappa shape index (κ3) is 5.30. The molecule has 1 aromatic heterocycles. The van der Waals surface area contributed by atoms with Gasteiger partial charge in [0.05, 0.1) is 21.5 Å². The molecule has 2 amide bonds.